The van der Waals surface area contributed by atoms with Crippen molar-refractivity contribution in [1.82, 2.24) is 9.97 Å². The number of hydrazine groups is 1. The number of ether oxygens (including phenoxy) is 1. The van der Waals surface area contributed by atoms with Crippen LogP contribution in [0.1, 0.15) is 19.2 Å². The van der Waals surface area contributed by atoms with Gasteiger partial charge >= 0.3 is 0 Å². The number of anilines is 3. The van der Waals surface area contributed by atoms with Crippen LogP contribution >= 0.6 is 11.6 Å². The van der Waals surface area contributed by atoms with Crippen molar-refractivity contribution in [1.29, 1.82) is 0 Å². The fourth-order valence-electron chi connectivity index (χ4n) is 1.89. The van der Waals surface area contributed by atoms with E-state index in [1.54, 1.807) is 31.4 Å². The molecule has 1 aromatic heterocycles. The third-order valence-electron chi connectivity index (χ3n) is 2.82. The molecule has 7 heteroatoms. The number of methoxy groups -OCH3 is 1. The molecule has 0 radical (unpaired) electrons. The molecule has 0 amide bonds. The molecule has 4 N–H and O–H groups in total. The number of aromatic nitrogens is 2. The number of hydrogen-bond donors (Lipinski definition) is 3. The molecule has 2 rings (SSSR count). The van der Waals surface area contributed by atoms with E-state index in [0.29, 0.717) is 22.4 Å². The Hall–Kier alpha value is -2.05. The number of nitrogens with one attached hydrogen (secondary N) is 2. The molecule has 0 aliphatic heterocycles. The standard InChI is InChI=1S/C14H18ClN5O/c1-3-4-12-18-13(8-14(19-12)20-16)17-10-7-9(15)5-6-11(10)21-2/h5-8H,3-4,16H2,1-2H3,(H2,17,18,19,20). The van der Waals surface area contributed by atoms with Crippen molar-refractivity contribution < 1.29 is 4.74 Å². The maximum Gasteiger partial charge on any atom is 0.145 e. The van der Waals surface area contributed by atoms with Crippen LogP contribution in [0.25, 0.3) is 0 Å². The molecule has 1 aromatic carbocycles. The number of hydrogen-bond acceptors (Lipinski definition) is 6. The van der Waals surface area contributed by atoms with Crippen LogP contribution in [-0.2, 0) is 6.42 Å². The van der Waals surface area contributed by atoms with Gasteiger partial charge in [0.25, 0.3) is 0 Å². The molecule has 2 aromatic rings. The molecule has 0 saturated carbocycles. The molecular formula is C14H18ClN5O. The minimum absolute atomic E-state index is 0.553. The summed E-state index contributed by atoms with van der Waals surface area (Å²) in [4.78, 5) is 8.75. The molecule has 21 heavy (non-hydrogen) atoms. The molecule has 0 unspecified atom stereocenters. The third kappa shape index (κ3) is 3.96. The van der Waals surface area contributed by atoms with E-state index < -0.39 is 0 Å². The number of nitrogens with two attached hydrogens (primary N) is 1. The molecule has 6 nitrogen and oxygen atoms in total. The van der Waals surface area contributed by atoms with E-state index in [1.807, 2.05) is 0 Å². The fourth-order valence-corrected chi connectivity index (χ4v) is 2.06. The second kappa shape index (κ2) is 7.10. The second-order valence-electron chi connectivity index (χ2n) is 4.42. The van der Waals surface area contributed by atoms with Crippen molar-refractivity contribution >= 4 is 28.9 Å². The quantitative estimate of drug-likeness (QED) is 0.561. The van der Waals surface area contributed by atoms with Gasteiger partial charge in [0.15, 0.2) is 0 Å². The first-order chi connectivity index (χ1) is 10.2. The van der Waals surface area contributed by atoms with Gasteiger partial charge in [0, 0.05) is 17.5 Å². The molecule has 0 aliphatic rings. The highest BCUT2D eigenvalue weighted by molar-refractivity contribution is 6.31. The normalized spacial score (nSPS) is 10.3. The molecular weight excluding hydrogens is 290 g/mol. The van der Waals surface area contributed by atoms with Crippen molar-refractivity contribution in [2.24, 2.45) is 5.84 Å². The largest absolute Gasteiger partial charge is 0.495 e. The summed E-state index contributed by atoms with van der Waals surface area (Å²) in [5.74, 6) is 8.02. The molecule has 0 atom stereocenters. The number of nitrogens with zero attached hydrogens (tertiary/aromatic N) is 2. The average Bonchev–Trinajstić information content (AvgIpc) is 2.47. The van der Waals surface area contributed by atoms with Crippen LogP contribution in [-0.4, -0.2) is 17.1 Å². The lowest BCUT2D eigenvalue weighted by atomic mass is 10.3. The van der Waals surface area contributed by atoms with Gasteiger partial charge in [-0.2, -0.15) is 0 Å². The molecule has 0 fully saturated rings. The smallest absolute Gasteiger partial charge is 0.145 e. The average molecular weight is 308 g/mol. The molecule has 1 heterocycles. The first kappa shape index (κ1) is 15.3. The Morgan fingerprint density at radius 2 is 2.00 bits per heavy atom. The molecule has 112 valence electrons. The van der Waals surface area contributed by atoms with Gasteiger partial charge < -0.3 is 15.5 Å². The second-order valence-corrected chi connectivity index (χ2v) is 4.86. The summed E-state index contributed by atoms with van der Waals surface area (Å²) >= 11 is 6.02. The van der Waals surface area contributed by atoms with Crippen molar-refractivity contribution in [3.05, 3.63) is 35.1 Å². The van der Waals surface area contributed by atoms with E-state index in [1.165, 1.54) is 0 Å². The van der Waals surface area contributed by atoms with Crippen molar-refractivity contribution in [2.45, 2.75) is 19.8 Å². The van der Waals surface area contributed by atoms with E-state index in [9.17, 15) is 0 Å². The Labute approximate surface area is 128 Å². The maximum absolute atomic E-state index is 6.02. The van der Waals surface area contributed by atoms with Gasteiger partial charge in [0.2, 0.25) is 0 Å². The van der Waals surface area contributed by atoms with Crippen LogP contribution in [0.15, 0.2) is 24.3 Å². The van der Waals surface area contributed by atoms with Crippen molar-refractivity contribution in [3.63, 3.8) is 0 Å². The molecule has 0 aliphatic carbocycles. The molecule has 0 saturated heterocycles. The summed E-state index contributed by atoms with van der Waals surface area (Å²) in [7, 11) is 1.60. The van der Waals surface area contributed by atoms with Crippen LogP contribution in [0.2, 0.25) is 5.02 Å². The highest BCUT2D eigenvalue weighted by Crippen LogP contribution is 2.30. The van der Waals surface area contributed by atoms with Gasteiger partial charge in [-0.15, -0.1) is 0 Å². The van der Waals surface area contributed by atoms with Gasteiger partial charge in [0.05, 0.1) is 12.8 Å². The predicted molar refractivity (Wildman–Crippen MR) is 85.1 cm³/mol. The number of nitrogen functional groups attached to an aromatic ring is 1. The lowest BCUT2D eigenvalue weighted by molar-refractivity contribution is 0.417. The maximum atomic E-state index is 6.02. The minimum atomic E-state index is 0.553. The zero-order chi connectivity index (χ0) is 15.2. The van der Waals surface area contributed by atoms with Gasteiger partial charge in [-0.05, 0) is 24.6 Å². The Balaban J connectivity index is 2.34. The first-order valence-electron chi connectivity index (χ1n) is 6.61. The zero-order valence-corrected chi connectivity index (χ0v) is 12.7. The van der Waals surface area contributed by atoms with E-state index in [0.717, 1.165) is 24.4 Å². The monoisotopic (exact) mass is 307 g/mol. The van der Waals surface area contributed by atoms with Crippen LogP contribution in [0.3, 0.4) is 0 Å². The van der Waals surface area contributed by atoms with Crippen LogP contribution in [0.5, 0.6) is 5.75 Å². The summed E-state index contributed by atoms with van der Waals surface area (Å²) in [5, 5.41) is 3.79. The highest BCUT2D eigenvalue weighted by Gasteiger charge is 2.08. The Bertz CT molecular complexity index is 620. The van der Waals surface area contributed by atoms with Gasteiger partial charge in [-0.3, -0.25) is 0 Å². The topological polar surface area (TPSA) is 85.1 Å². The van der Waals surface area contributed by atoms with Crippen LogP contribution in [0, 0.1) is 0 Å². The third-order valence-corrected chi connectivity index (χ3v) is 3.05. The van der Waals surface area contributed by atoms with E-state index >= 15 is 0 Å². The summed E-state index contributed by atoms with van der Waals surface area (Å²) in [6.45, 7) is 2.07. The van der Waals surface area contributed by atoms with Gasteiger partial charge in [-0.1, -0.05) is 18.5 Å². The van der Waals surface area contributed by atoms with Gasteiger partial charge in [0.1, 0.15) is 23.2 Å². The Kier molecular flexibility index (Phi) is 5.19. The SMILES string of the molecule is CCCc1nc(NN)cc(Nc2cc(Cl)ccc2OC)n1. The summed E-state index contributed by atoms with van der Waals surface area (Å²) in [6.07, 6.45) is 1.73. The Morgan fingerprint density at radius 3 is 2.67 bits per heavy atom. The number of aryl methyl sites for hydroxylation is 1. The van der Waals surface area contributed by atoms with E-state index in [-0.39, 0.29) is 0 Å². The summed E-state index contributed by atoms with van der Waals surface area (Å²) in [6, 6.07) is 7.05. The molecule has 0 spiro atoms. The zero-order valence-electron chi connectivity index (χ0n) is 12.0. The van der Waals surface area contributed by atoms with Crippen molar-refractivity contribution in [3.8, 4) is 5.75 Å². The predicted octanol–water partition coefficient (Wildman–Crippen LogP) is 3.12. The number of benzene rings is 1. The molecule has 0 bridgehead atoms. The summed E-state index contributed by atoms with van der Waals surface area (Å²) in [5.41, 5.74) is 3.27. The first-order valence-corrected chi connectivity index (χ1v) is 6.99. The van der Waals surface area contributed by atoms with Crippen LogP contribution in [0.4, 0.5) is 17.3 Å². The number of halogens is 1. The lowest BCUT2D eigenvalue weighted by Gasteiger charge is -2.12. The van der Waals surface area contributed by atoms with Gasteiger partial charge in [-0.25, -0.2) is 15.8 Å². The minimum Gasteiger partial charge on any atom is -0.495 e. The fraction of sp³-hybridized carbons (Fsp3) is 0.286. The highest BCUT2D eigenvalue weighted by atomic mass is 35.5. The number of rotatable bonds is 6. The van der Waals surface area contributed by atoms with Crippen LogP contribution < -0.4 is 21.3 Å². The Morgan fingerprint density at radius 1 is 1.24 bits per heavy atom. The van der Waals surface area contributed by atoms with E-state index in [4.69, 9.17) is 22.2 Å². The summed E-state index contributed by atoms with van der Waals surface area (Å²) < 4.78 is 5.30. The van der Waals surface area contributed by atoms with Crippen molar-refractivity contribution in [2.75, 3.05) is 17.9 Å². The lowest BCUT2D eigenvalue weighted by Crippen LogP contribution is -2.11. The van der Waals surface area contributed by atoms with E-state index in [2.05, 4.69) is 27.6 Å².